The van der Waals surface area contributed by atoms with Crippen molar-refractivity contribution in [1.29, 1.82) is 0 Å². The zero-order valence-corrected chi connectivity index (χ0v) is 14.1. The minimum atomic E-state index is -1.38. The van der Waals surface area contributed by atoms with Crippen LogP contribution in [0.5, 0.6) is 0 Å². The van der Waals surface area contributed by atoms with Gasteiger partial charge < -0.3 is 16.8 Å². The maximum atomic E-state index is 14.9. The third-order valence-electron chi connectivity index (χ3n) is 4.56. The van der Waals surface area contributed by atoms with Gasteiger partial charge in [-0.05, 0) is 49.2 Å². The Kier molecular flexibility index (Phi) is 4.99. The maximum absolute atomic E-state index is 14.9. The number of primary amides is 1. The van der Waals surface area contributed by atoms with Crippen LogP contribution in [0.25, 0.3) is 0 Å². The first-order valence-electron chi connectivity index (χ1n) is 8.33. The Hall–Kier alpha value is -2.80. The predicted octanol–water partition coefficient (Wildman–Crippen LogP) is 2.81. The second kappa shape index (κ2) is 7.21. The van der Waals surface area contributed by atoms with Crippen molar-refractivity contribution in [3.8, 4) is 0 Å². The molecule has 1 fully saturated rings. The number of carbonyl (C=O) groups is 1. The molecule has 0 bridgehead atoms. The van der Waals surface area contributed by atoms with E-state index in [9.17, 15) is 13.6 Å². The van der Waals surface area contributed by atoms with E-state index in [2.05, 4.69) is 10.3 Å². The van der Waals surface area contributed by atoms with E-state index in [0.717, 1.165) is 19.0 Å². The Morgan fingerprint density at radius 2 is 1.96 bits per heavy atom. The highest BCUT2D eigenvalue weighted by atomic mass is 19.1. The lowest BCUT2D eigenvalue weighted by molar-refractivity contribution is 0.100. The van der Waals surface area contributed by atoms with Gasteiger partial charge in [-0.25, -0.2) is 8.78 Å². The lowest BCUT2D eigenvalue weighted by Crippen LogP contribution is -2.39. The molecule has 5 nitrogen and oxygen atoms in total. The van der Waals surface area contributed by atoms with Crippen molar-refractivity contribution in [1.82, 2.24) is 5.32 Å². The number of hydrogen-bond acceptors (Lipinski definition) is 4. The van der Waals surface area contributed by atoms with Gasteiger partial charge in [-0.1, -0.05) is 12.1 Å². The molecule has 26 heavy (non-hydrogen) atoms. The molecule has 2 aromatic rings. The summed E-state index contributed by atoms with van der Waals surface area (Å²) in [5.74, 6) is -1.35. The largest absolute Gasteiger partial charge is 0.397 e. The summed E-state index contributed by atoms with van der Waals surface area (Å²) in [6.45, 7) is 1.11. The average molecular weight is 358 g/mol. The number of aliphatic imine (C=N–C) groups is 1. The molecular weight excluding hydrogens is 338 g/mol. The van der Waals surface area contributed by atoms with Crippen LogP contribution in [0.1, 0.15) is 34.3 Å². The summed E-state index contributed by atoms with van der Waals surface area (Å²) in [6.07, 6.45) is 2.49. The Balaban J connectivity index is 1.84. The fourth-order valence-corrected chi connectivity index (χ4v) is 3.06. The molecule has 2 aromatic carbocycles. The predicted molar refractivity (Wildman–Crippen MR) is 97.9 cm³/mol. The number of anilines is 1. The van der Waals surface area contributed by atoms with Crippen LogP contribution in [0, 0.1) is 5.82 Å². The topological polar surface area (TPSA) is 93.5 Å². The molecule has 7 heteroatoms. The molecule has 1 unspecified atom stereocenters. The Morgan fingerprint density at radius 3 is 2.58 bits per heavy atom. The van der Waals surface area contributed by atoms with Gasteiger partial charge in [-0.3, -0.25) is 9.79 Å². The Labute approximate surface area is 150 Å². The normalized spacial score (nSPS) is 20.4. The van der Waals surface area contributed by atoms with E-state index in [-0.39, 0.29) is 23.4 Å². The summed E-state index contributed by atoms with van der Waals surface area (Å²) >= 11 is 0. The molecule has 136 valence electrons. The van der Waals surface area contributed by atoms with Crippen molar-refractivity contribution in [3.05, 3.63) is 58.9 Å². The zero-order valence-electron chi connectivity index (χ0n) is 14.1. The molecule has 1 saturated heterocycles. The van der Waals surface area contributed by atoms with Crippen molar-refractivity contribution in [2.75, 3.05) is 18.8 Å². The second-order valence-corrected chi connectivity index (χ2v) is 6.34. The Bertz CT molecular complexity index is 843. The minimum absolute atomic E-state index is 0.0104. The first-order chi connectivity index (χ1) is 12.4. The molecule has 1 atom stereocenters. The van der Waals surface area contributed by atoms with Crippen molar-refractivity contribution >= 4 is 23.5 Å². The van der Waals surface area contributed by atoms with E-state index in [1.807, 2.05) is 0 Å². The highest BCUT2D eigenvalue weighted by Crippen LogP contribution is 2.33. The number of alkyl halides is 1. The molecule has 0 radical (unpaired) electrons. The quantitative estimate of drug-likeness (QED) is 0.579. The first-order valence-corrected chi connectivity index (χ1v) is 8.33. The van der Waals surface area contributed by atoms with Crippen molar-refractivity contribution < 1.29 is 13.6 Å². The lowest BCUT2D eigenvalue weighted by Gasteiger charge is -2.30. The molecule has 1 heterocycles. The number of hydrogen-bond donors (Lipinski definition) is 3. The SMILES string of the molecule is NC(=O)c1ccc(F)c(C=Nc2ccc(C3(F)CCCNC3)cc2)c1N. The molecule has 0 saturated carbocycles. The summed E-state index contributed by atoms with van der Waals surface area (Å²) < 4.78 is 28.9. The molecular formula is C19H20F2N4O. The number of amides is 1. The Morgan fingerprint density at radius 1 is 1.23 bits per heavy atom. The molecule has 0 spiro atoms. The number of nitrogens with one attached hydrogen (secondary N) is 1. The monoisotopic (exact) mass is 358 g/mol. The van der Waals surface area contributed by atoms with Gasteiger partial charge >= 0.3 is 0 Å². The number of halogens is 2. The van der Waals surface area contributed by atoms with Gasteiger partial charge in [0.25, 0.3) is 5.91 Å². The molecule has 3 rings (SSSR count). The minimum Gasteiger partial charge on any atom is -0.397 e. The molecule has 1 aliphatic rings. The van der Waals surface area contributed by atoms with Crippen LogP contribution < -0.4 is 16.8 Å². The standard InChI is InChI=1S/C19H20F2N4O/c20-16-7-6-14(18(23)26)17(22)15(16)10-25-13-4-2-12(3-5-13)19(21)8-1-9-24-11-19/h2-7,10,24H,1,8-9,11,22H2,(H2,23,26). The maximum Gasteiger partial charge on any atom is 0.250 e. The molecule has 0 aromatic heterocycles. The van der Waals surface area contributed by atoms with Crippen molar-refractivity contribution in [2.24, 2.45) is 10.7 Å². The van der Waals surface area contributed by atoms with Crippen LogP contribution in [0.2, 0.25) is 0 Å². The fraction of sp³-hybridized carbons (Fsp3) is 0.263. The van der Waals surface area contributed by atoms with E-state index in [0.29, 0.717) is 17.7 Å². The van der Waals surface area contributed by atoms with Crippen LogP contribution >= 0.6 is 0 Å². The number of benzene rings is 2. The fourth-order valence-electron chi connectivity index (χ4n) is 3.06. The molecule has 1 amide bonds. The van der Waals surface area contributed by atoms with Crippen LogP contribution in [0.4, 0.5) is 20.2 Å². The summed E-state index contributed by atoms with van der Waals surface area (Å²) in [4.78, 5) is 15.5. The van der Waals surface area contributed by atoms with Gasteiger partial charge in [0.2, 0.25) is 0 Å². The van der Waals surface area contributed by atoms with E-state index < -0.39 is 17.4 Å². The van der Waals surface area contributed by atoms with Gasteiger partial charge in [0.05, 0.1) is 22.5 Å². The number of carbonyl (C=O) groups excluding carboxylic acids is 1. The zero-order chi connectivity index (χ0) is 18.7. The van der Waals surface area contributed by atoms with Crippen LogP contribution in [0.3, 0.4) is 0 Å². The lowest BCUT2D eigenvalue weighted by atomic mass is 9.88. The third-order valence-corrected chi connectivity index (χ3v) is 4.56. The number of rotatable bonds is 4. The van der Waals surface area contributed by atoms with E-state index in [1.165, 1.54) is 12.3 Å². The van der Waals surface area contributed by atoms with Crippen molar-refractivity contribution in [2.45, 2.75) is 18.5 Å². The van der Waals surface area contributed by atoms with Crippen LogP contribution in [-0.2, 0) is 5.67 Å². The summed E-state index contributed by atoms with van der Waals surface area (Å²) in [6, 6.07) is 9.03. The smallest absolute Gasteiger partial charge is 0.250 e. The van der Waals surface area contributed by atoms with Crippen LogP contribution in [-0.4, -0.2) is 25.2 Å². The summed E-state index contributed by atoms with van der Waals surface area (Å²) in [5, 5.41) is 3.06. The number of piperidine rings is 1. The van der Waals surface area contributed by atoms with Crippen LogP contribution in [0.15, 0.2) is 41.4 Å². The van der Waals surface area contributed by atoms with Gasteiger partial charge in [0.1, 0.15) is 11.5 Å². The number of nitrogen functional groups attached to an aromatic ring is 1. The summed E-state index contributed by atoms with van der Waals surface area (Å²) in [5.41, 5.74) is 10.7. The highest BCUT2D eigenvalue weighted by Gasteiger charge is 2.33. The van der Waals surface area contributed by atoms with Crippen molar-refractivity contribution in [3.63, 3.8) is 0 Å². The van der Waals surface area contributed by atoms with Gasteiger partial charge in [-0.2, -0.15) is 0 Å². The van der Waals surface area contributed by atoms with E-state index in [4.69, 9.17) is 11.5 Å². The van der Waals surface area contributed by atoms with Gasteiger partial charge in [0.15, 0.2) is 0 Å². The molecule has 5 N–H and O–H groups in total. The second-order valence-electron chi connectivity index (χ2n) is 6.34. The first kappa shape index (κ1) is 18.0. The highest BCUT2D eigenvalue weighted by molar-refractivity contribution is 6.03. The number of nitrogens with zero attached hydrogens (tertiary/aromatic N) is 1. The summed E-state index contributed by atoms with van der Waals surface area (Å²) in [7, 11) is 0. The molecule has 0 aliphatic carbocycles. The number of nitrogens with two attached hydrogens (primary N) is 2. The average Bonchev–Trinajstić information content (AvgIpc) is 2.62. The molecule has 1 aliphatic heterocycles. The van der Waals surface area contributed by atoms with Gasteiger partial charge in [0, 0.05) is 12.8 Å². The van der Waals surface area contributed by atoms with E-state index in [1.54, 1.807) is 24.3 Å². The van der Waals surface area contributed by atoms with E-state index >= 15 is 0 Å². The third kappa shape index (κ3) is 3.57. The van der Waals surface area contributed by atoms with Gasteiger partial charge in [-0.15, -0.1) is 0 Å².